The Morgan fingerprint density at radius 3 is 2.96 bits per heavy atom. The summed E-state index contributed by atoms with van der Waals surface area (Å²) in [5.74, 6) is 1.28. The first-order chi connectivity index (χ1) is 11.2. The average molecular weight is 322 g/mol. The fraction of sp³-hybridized carbons (Fsp3) is 0.778. The van der Waals surface area contributed by atoms with E-state index in [2.05, 4.69) is 30.8 Å². The number of amides is 1. The quantitative estimate of drug-likeness (QED) is 0.307. The highest BCUT2D eigenvalue weighted by Gasteiger charge is 2.15. The fourth-order valence-corrected chi connectivity index (χ4v) is 2.77. The highest BCUT2D eigenvalue weighted by Crippen LogP contribution is 2.11. The minimum atomic E-state index is 0.319. The summed E-state index contributed by atoms with van der Waals surface area (Å²) in [5.41, 5.74) is 0. The number of nitrogens with zero attached hydrogens (tertiary/aromatic N) is 3. The number of carbonyl (C=O) groups excluding carboxylic acids is 1. The van der Waals surface area contributed by atoms with Gasteiger partial charge in [0.1, 0.15) is 0 Å². The van der Waals surface area contributed by atoms with E-state index in [4.69, 9.17) is 4.99 Å². The van der Waals surface area contributed by atoms with E-state index in [-0.39, 0.29) is 0 Å². The molecule has 0 radical (unpaired) electrons. The molecular formula is C18H34N4O. The summed E-state index contributed by atoms with van der Waals surface area (Å²) in [5, 5.41) is 3.34. The fourth-order valence-electron chi connectivity index (χ4n) is 2.77. The number of carbonyl (C=O) groups is 1. The molecule has 23 heavy (non-hydrogen) atoms. The number of allylic oxidation sites excluding steroid dienone is 1. The summed E-state index contributed by atoms with van der Waals surface area (Å²) in [6.45, 7) is 10.2. The number of nitrogens with one attached hydrogen (secondary N) is 1. The van der Waals surface area contributed by atoms with Gasteiger partial charge in [-0.05, 0) is 39.0 Å². The van der Waals surface area contributed by atoms with Crippen LogP contribution in [0.3, 0.4) is 0 Å². The molecule has 1 aliphatic rings. The maximum absolute atomic E-state index is 12.0. The topological polar surface area (TPSA) is 47.9 Å². The van der Waals surface area contributed by atoms with E-state index in [0.29, 0.717) is 5.91 Å². The highest BCUT2D eigenvalue weighted by molar-refractivity contribution is 5.79. The van der Waals surface area contributed by atoms with Crippen molar-refractivity contribution in [3.63, 3.8) is 0 Å². The Hall–Kier alpha value is -1.52. The largest absolute Gasteiger partial charge is 0.357 e. The smallest absolute Gasteiger partial charge is 0.222 e. The van der Waals surface area contributed by atoms with Crippen LogP contribution in [0.1, 0.15) is 51.9 Å². The monoisotopic (exact) mass is 322 g/mol. The van der Waals surface area contributed by atoms with Crippen LogP contribution in [0.2, 0.25) is 0 Å². The molecule has 132 valence electrons. The standard InChI is InChI=1S/C18H34N4O/c1-4-6-9-14-21(3)18(19-5-2)20-13-11-16-22-15-10-7-8-12-17(22)23/h4H,1,5-16H2,2-3H3,(H,19,20). The molecular weight excluding hydrogens is 288 g/mol. The Balaban J connectivity index is 2.37. The minimum absolute atomic E-state index is 0.319. The second-order valence-corrected chi connectivity index (χ2v) is 6.13. The first kappa shape index (κ1) is 19.5. The van der Waals surface area contributed by atoms with Crippen molar-refractivity contribution >= 4 is 11.9 Å². The van der Waals surface area contributed by atoms with E-state index in [1.54, 1.807) is 0 Å². The molecule has 0 bridgehead atoms. The van der Waals surface area contributed by atoms with Crippen molar-refractivity contribution in [3.8, 4) is 0 Å². The first-order valence-electron chi connectivity index (χ1n) is 9.07. The van der Waals surface area contributed by atoms with Gasteiger partial charge in [-0.15, -0.1) is 6.58 Å². The zero-order chi connectivity index (χ0) is 16.9. The van der Waals surface area contributed by atoms with Crippen molar-refractivity contribution in [2.24, 2.45) is 4.99 Å². The highest BCUT2D eigenvalue weighted by atomic mass is 16.2. The third-order valence-electron chi connectivity index (χ3n) is 4.12. The molecule has 0 atom stereocenters. The molecule has 0 aromatic carbocycles. The summed E-state index contributed by atoms with van der Waals surface area (Å²) in [6, 6.07) is 0. The van der Waals surface area contributed by atoms with Gasteiger partial charge in [-0.3, -0.25) is 9.79 Å². The van der Waals surface area contributed by atoms with Crippen LogP contribution >= 0.6 is 0 Å². The van der Waals surface area contributed by atoms with Gasteiger partial charge in [-0.1, -0.05) is 12.5 Å². The summed E-state index contributed by atoms with van der Waals surface area (Å²) in [4.78, 5) is 20.8. The lowest BCUT2D eigenvalue weighted by molar-refractivity contribution is -0.130. The number of rotatable bonds is 9. The minimum Gasteiger partial charge on any atom is -0.357 e. The van der Waals surface area contributed by atoms with Crippen molar-refractivity contribution < 1.29 is 4.79 Å². The van der Waals surface area contributed by atoms with E-state index in [1.165, 1.54) is 6.42 Å². The third-order valence-corrected chi connectivity index (χ3v) is 4.12. The van der Waals surface area contributed by atoms with Crippen LogP contribution in [0.25, 0.3) is 0 Å². The lowest BCUT2D eigenvalue weighted by Gasteiger charge is -2.22. The van der Waals surface area contributed by atoms with Crippen LogP contribution in [0.4, 0.5) is 0 Å². The van der Waals surface area contributed by atoms with E-state index in [0.717, 1.165) is 77.2 Å². The van der Waals surface area contributed by atoms with Crippen LogP contribution in [-0.2, 0) is 4.79 Å². The molecule has 0 aliphatic carbocycles. The molecule has 1 saturated heterocycles. The van der Waals surface area contributed by atoms with Crippen molar-refractivity contribution in [2.45, 2.75) is 51.9 Å². The van der Waals surface area contributed by atoms with Gasteiger partial charge in [0.2, 0.25) is 5.91 Å². The van der Waals surface area contributed by atoms with Crippen molar-refractivity contribution in [1.29, 1.82) is 0 Å². The Morgan fingerprint density at radius 2 is 2.22 bits per heavy atom. The number of aliphatic imine (C=N–C) groups is 1. The van der Waals surface area contributed by atoms with Crippen LogP contribution in [0.5, 0.6) is 0 Å². The van der Waals surface area contributed by atoms with Gasteiger partial charge >= 0.3 is 0 Å². The van der Waals surface area contributed by atoms with Crippen LogP contribution < -0.4 is 5.32 Å². The SMILES string of the molecule is C=CCCCN(C)C(=NCCCN1CCCCCC1=O)NCC. The molecule has 1 fully saturated rings. The number of guanidine groups is 1. The van der Waals surface area contributed by atoms with Gasteiger partial charge in [-0.2, -0.15) is 0 Å². The molecule has 1 N–H and O–H groups in total. The van der Waals surface area contributed by atoms with Crippen LogP contribution in [0.15, 0.2) is 17.6 Å². The van der Waals surface area contributed by atoms with Gasteiger partial charge in [0.25, 0.3) is 0 Å². The lowest BCUT2D eigenvalue weighted by Crippen LogP contribution is -2.39. The third kappa shape index (κ3) is 8.05. The predicted molar refractivity (Wildman–Crippen MR) is 97.7 cm³/mol. The Labute approximate surface area is 141 Å². The van der Waals surface area contributed by atoms with Crippen LogP contribution in [-0.4, -0.2) is 61.4 Å². The number of likely N-dealkylation sites (tertiary alicyclic amines) is 1. The van der Waals surface area contributed by atoms with Crippen molar-refractivity contribution in [1.82, 2.24) is 15.1 Å². The van der Waals surface area contributed by atoms with E-state index < -0.39 is 0 Å². The summed E-state index contributed by atoms with van der Waals surface area (Å²) < 4.78 is 0. The second kappa shape index (κ2) is 12.0. The zero-order valence-electron chi connectivity index (χ0n) is 15.0. The van der Waals surface area contributed by atoms with E-state index in [9.17, 15) is 4.79 Å². The summed E-state index contributed by atoms with van der Waals surface area (Å²) in [7, 11) is 2.07. The molecule has 5 nitrogen and oxygen atoms in total. The molecule has 1 aliphatic heterocycles. The number of hydrogen-bond donors (Lipinski definition) is 1. The molecule has 1 rings (SSSR count). The summed E-state index contributed by atoms with van der Waals surface area (Å²) in [6.07, 6.45) is 9.10. The lowest BCUT2D eigenvalue weighted by atomic mass is 10.2. The molecule has 0 saturated carbocycles. The maximum Gasteiger partial charge on any atom is 0.222 e. The van der Waals surface area contributed by atoms with Crippen molar-refractivity contribution in [2.75, 3.05) is 39.8 Å². The molecule has 1 amide bonds. The molecule has 0 spiro atoms. The Morgan fingerprint density at radius 1 is 1.39 bits per heavy atom. The van der Waals surface area contributed by atoms with Gasteiger partial charge in [0.05, 0.1) is 0 Å². The zero-order valence-corrected chi connectivity index (χ0v) is 15.0. The average Bonchev–Trinajstić information content (AvgIpc) is 2.75. The van der Waals surface area contributed by atoms with Gasteiger partial charge < -0.3 is 15.1 Å². The normalized spacial score (nSPS) is 16.2. The number of hydrogen-bond acceptors (Lipinski definition) is 2. The van der Waals surface area contributed by atoms with Gasteiger partial charge in [-0.25, -0.2) is 0 Å². The van der Waals surface area contributed by atoms with Gasteiger partial charge in [0.15, 0.2) is 5.96 Å². The molecule has 0 unspecified atom stereocenters. The van der Waals surface area contributed by atoms with E-state index >= 15 is 0 Å². The Bertz CT molecular complexity index is 381. The predicted octanol–water partition coefficient (Wildman–Crippen LogP) is 2.64. The first-order valence-corrected chi connectivity index (χ1v) is 9.07. The number of unbranched alkanes of at least 4 members (excludes halogenated alkanes) is 1. The maximum atomic E-state index is 12.0. The molecule has 0 aromatic heterocycles. The molecule has 5 heteroatoms. The van der Waals surface area contributed by atoms with Crippen LogP contribution in [0, 0.1) is 0 Å². The molecule has 1 heterocycles. The second-order valence-electron chi connectivity index (χ2n) is 6.13. The van der Waals surface area contributed by atoms with E-state index in [1.807, 2.05) is 11.0 Å². The molecule has 0 aromatic rings. The van der Waals surface area contributed by atoms with Gasteiger partial charge in [0, 0.05) is 46.2 Å². The van der Waals surface area contributed by atoms with Crippen molar-refractivity contribution in [3.05, 3.63) is 12.7 Å². The summed E-state index contributed by atoms with van der Waals surface area (Å²) >= 11 is 0. The Kier molecular flexibility index (Phi) is 10.2.